The minimum atomic E-state index is -0.888. The van der Waals surface area contributed by atoms with Crippen LogP contribution in [0.5, 0.6) is 0 Å². The maximum atomic E-state index is 13.8. The van der Waals surface area contributed by atoms with Gasteiger partial charge in [-0.05, 0) is 31.0 Å². The number of anilines is 1. The fourth-order valence-electron chi connectivity index (χ4n) is 2.75. The van der Waals surface area contributed by atoms with Crippen molar-refractivity contribution in [1.29, 1.82) is 0 Å². The third kappa shape index (κ3) is 3.52. The first-order valence-corrected chi connectivity index (χ1v) is 7.81. The van der Waals surface area contributed by atoms with Gasteiger partial charge in [0.25, 0.3) is 0 Å². The highest BCUT2D eigenvalue weighted by Gasteiger charge is 2.41. The SMILES string of the molecule is NC(=S)C1(C(=O)Nc2cc(Cl)ccc2F)CCCCCC1. The van der Waals surface area contributed by atoms with Crippen LogP contribution >= 0.6 is 23.8 Å². The number of rotatable bonds is 3. The van der Waals surface area contributed by atoms with E-state index in [2.05, 4.69) is 5.32 Å². The van der Waals surface area contributed by atoms with Gasteiger partial charge in [0.2, 0.25) is 5.91 Å². The standard InChI is InChI=1S/C15H18ClFN2OS/c16-10-5-6-11(17)12(9-10)19-14(20)15(13(18)21)7-3-1-2-4-8-15/h5-6,9H,1-4,7-8H2,(H2,18,21)(H,19,20). The molecule has 0 radical (unpaired) electrons. The van der Waals surface area contributed by atoms with E-state index < -0.39 is 11.2 Å². The molecule has 0 heterocycles. The van der Waals surface area contributed by atoms with Crippen molar-refractivity contribution in [2.75, 3.05) is 5.32 Å². The van der Waals surface area contributed by atoms with Crippen LogP contribution in [-0.2, 0) is 4.79 Å². The third-order valence-electron chi connectivity index (χ3n) is 4.04. The molecule has 0 aromatic heterocycles. The van der Waals surface area contributed by atoms with E-state index in [1.807, 2.05) is 0 Å². The number of amides is 1. The van der Waals surface area contributed by atoms with E-state index in [9.17, 15) is 9.18 Å². The maximum absolute atomic E-state index is 13.8. The minimum absolute atomic E-state index is 0.0624. The van der Waals surface area contributed by atoms with Crippen LogP contribution in [0.3, 0.4) is 0 Å². The molecule has 2 rings (SSSR count). The quantitative estimate of drug-likeness (QED) is 0.650. The van der Waals surface area contributed by atoms with Gasteiger partial charge in [0, 0.05) is 5.02 Å². The second-order valence-electron chi connectivity index (χ2n) is 5.44. The van der Waals surface area contributed by atoms with E-state index in [-0.39, 0.29) is 16.6 Å². The molecule has 0 saturated heterocycles. The number of halogens is 2. The Morgan fingerprint density at radius 3 is 2.48 bits per heavy atom. The van der Waals surface area contributed by atoms with Gasteiger partial charge in [0.1, 0.15) is 5.82 Å². The summed E-state index contributed by atoms with van der Waals surface area (Å²) in [7, 11) is 0. The van der Waals surface area contributed by atoms with E-state index in [0.717, 1.165) is 25.7 Å². The molecule has 21 heavy (non-hydrogen) atoms. The van der Waals surface area contributed by atoms with Crippen molar-refractivity contribution in [1.82, 2.24) is 0 Å². The van der Waals surface area contributed by atoms with Crippen molar-refractivity contribution in [2.45, 2.75) is 38.5 Å². The largest absolute Gasteiger partial charge is 0.392 e. The van der Waals surface area contributed by atoms with Crippen LogP contribution < -0.4 is 11.1 Å². The summed E-state index contributed by atoms with van der Waals surface area (Å²) < 4.78 is 13.8. The second kappa shape index (κ2) is 6.71. The molecule has 0 spiro atoms. The Hall–Kier alpha value is -1.20. The smallest absolute Gasteiger partial charge is 0.237 e. The zero-order valence-electron chi connectivity index (χ0n) is 11.6. The van der Waals surface area contributed by atoms with E-state index in [4.69, 9.17) is 29.6 Å². The Labute approximate surface area is 134 Å². The maximum Gasteiger partial charge on any atom is 0.237 e. The number of carbonyl (C=O) groups is 1. The van der Waals surface area contributed by atoms with Crippen LogP contribution in [-0.4, -0.2) is 10.9 Å². The number of nitrogens with two attached hydrogens (primary N) is 1. The molecular weight excluding hydrogens is 311 g/mol. The average Bonchev–Trinajstić information content (AvgIpc) is 2.69. The molecule has 1 aromatic carbocycles. The van der Waals surface area contributed by atoms with E-state index in [1.54, 1.807) is 0 Å². The molecule has 1 amide bonds. The molecule has 1 aliphatic rings. The molecule has 0 bridgehead atoms. The lowest BCUT2D eigenvalue weighted by atomic mass is 9.79. The normalized spacial score (nSPS) is 17.8. The predicted octanol–water partition coefficient (Wildman–Crippen LogP) is 4.04. The van der Waals surface area contributed by atoms with Crippen LogP contribution in [0.4, 0.5) is 10.1 Å². The van der Waals surface area contributed by atoms with Gasteiger partial charge in [0.05, 0.1) is 16.1 Å². The van der Waals surface area contributed by atoms with Crippen molar-refractivity contribution in [3.63, 3.8) is 0 Å². The van der Waals surface area contributed by atoms with Crippen LogP contribution in [0, 0.1) is 11.2 Å². The first kappa shape index (κ1) is 16.2. The van der Waals surface area contributed by atoms with Crippen LogP contribution in [0.2, 0.25) is 5.02 Å². The summed E-state index contributed by atoms with van der Waals surface area (Å²) in [6.45, 7) is 0. The molecule has 0 unspecified atom stereocenters. The summed E-state index contributed by atoms with van der Waals surface area (Å²) in [5.74, 6) is -0.863. The lowest BCUT2D eigenvalue weighted by molar-refractivity contribution is -0.122. The minimum Gasteiger partial charge on any atom is -0.392 e. The summed E-state index contributed by atoms with van der Waals surface area (Å²) in [4.78, 5) is 12.8. The highest BCUT2D eigenvalue weighted by atomic mass is 35.5. The number of carbonyl (C=O) groups excluding carboxylic acids is 1. The fraction of sp³-hybridized carbons (Fsp3) is 0.467. The number of benzene rings is 1. The first-order chi connectivity index (χ1) is 9.95. The van der Waals surface area contributed by atoms with Gasteiger partial charge in [-0.15, -0.1) is 0 Å². The van der Waals surface area contributed by atoms with Gasteiger partial charge in [-0.1, -0.05) is 49.5 Å². The molecule has 1 fully saturated rings. The van der Waals surface area contributed by atoms with E-state index >= 15 is 0 Å². The topological polar surface area (TPSA) is 55.1 Å². The van der Waals surface area contributed by atoms with Crippen molar-refractivity contribution in [2.24, 2.45) is 11.1 Å². The monoisotopic (exact) mass is 328 g/mol. The summed E-state index contributed by atoms with van der Waals surface area (Å²) in [6.07, 6.45) is 5.12. The van der Waals surface area contributed by atoms with Crippen molar-refractivity contribution < 1.29 is 9.18 Å². The number of hydrogen-bond acceptors (Lipinski definition) is 2. The fourth-order valence-corrected chi connectivity index (χ4v) is 3.22. The Kier molecular flexibility index (Phi) is 5.17. The van der Waals surface area contributed by atoms with Crippen molar-refractivity contribution in [3.05, 3.63) is 29.0 Å². The van der Waals surface area contributed by atoms with Gasteiger partial charge in [0.15, 0.2) is 0 Å². The third-order valence-corrected chi connectivity index (χ3v) is 4.67. The predicted molar refractivity (Wildman–Crippen MR) is 87.0 cm³/mol. The summed E-state index contributed by atoms with van der Waals surface area (Å²) in [5.41, 5.74) is 5.02. The van der Waals surface area contributed by atoms with E-state index in [0.29, 0.717) is 17.9 Å². The molecule has 3 N–H and O–H groups in total. The average molecular weight is 329 g/mol. The van der Waals surface area contributed by atoms with Crippen LogP contribution in [0.1, 0.15) is 38.5 Å². The highest BCUT2D eigenvalue weighted by molar-refractivity contribution is 7.80. The zero-order valence-corrected chi connectivity index (χ0v) is 13.2. The van der Waals surface area contributed by atoms with Gasteiger partial charge < -0.3 is 11.1 Å². The molecule has 3 nitrogen and oxygen atoms in total. The molecule has 1 saturated carbocycles. The van der Waals surface area contributed by atoms with E-state index in [1.165, 1.54) is 18.2 Å². The Bertz CT molecular complexity index is 557. The molecule has 1 aliphatic carbocycles. The summed E-state index contributed by atoms with van der Waals surface area (Å²) in [6, 6.07) is 4.04. The van der Waals surface area contributed by atoms with Gasteiger partial charge in [-0.3, -0.25) is 4.79 Å². The van der Waals surface area contributed by atoms with Gasteiger partial charge in [-0.2, -0.15) is 0 Å². The van der Waals surface area contributed by atoms with Gasteiger partial charge >= 0.3 is 0 Å². The molecule has 1 aromatic rings. The number of thiocarbonyl (C=S) groups is 1. The molecule has 0 atom stereocenters. The second-order valence-corrected chi connectivity index (χ2v) is 6.32. The number of hydrogen-bond donors (Lipinski definition) is 2. The molecule has 0 aliphatic heterocycles. The van der Waals surface area contributed by atoms with Crippen molar-refractivity contribution in [3.8, 4) is 0 Å². The number of nitrogens with one attached hydrogen (secondary N) is 1. The molecule has 114 valence electrons. The zero-order chi connectivity index (χ0) is 15.5. The highest BCUT2D eigenvalue weighted by Crippen LogP contribution is 2.37. The lowest BCUT2D eigenvalue weighted by Crippen LogP contribution is -2.45. The Morgan fingerprint density at radius 1 is 1.29 bits per heavy atom. The van der Waals surface area contributed by atoms with Crippen LogP contribution in [0.25, 0.3) is 0 Å². The summed E-state index contributed by atoms with van der Waals surface area (Å²) >= 11 is 11.0. The Morgan fingerprint density at radius 2 is 1.90 bits per heavy atom. The van der Waals surface area contributed by atoms with Crippen molar-refractivity contribution >= 4 is 40.4 Å². The Balaban J connectivity index is 2.26. The van der Waals surface area contributed by atoms with Crippen LogP contribution in [0.15, 0.2) is 18.2 Å². The molecule has 6 heteroatoms. The molecular formula is C15H18ClFN2OS. The van der Waals surface area contributed by atoms with Gasteiger partial charge in [-0.25, -0.2) is 4.39 Å². The lowest BCUT2D eigenvalue weighted by Gasteiger charge is -2.30. The first-order valence-electron chi connectivity index (χ1n) is 7.02. The summed E-state index contributed by atoms with van der Waals surface area (Å²) in [5, 5.41) is 2.96.